The van der Waals surface area contributed by atoms with Crippen LogP contribution in [-0.4, -0.2) is 88.5 Å². The Kier molecular flexibility index (Phi) is 12.1. The Morgan fingerprint density at radius 2 is 1.66 bits per heavy atom. The van der Waals surface area contributed by atoms with Crippen LogP contribution in [0.1, 0.15) is 89.0 Å². The number of nitrogens with zero attached hydrogens (tertiary/aromatic N) is 4. The van der Waals surface area contributed by atoms with Gasteiger partial charge in [0.25, 0.3) is 23.6 Å². The number of aromatic nitrogens is 2. The summed E-state index contributed by atoms with van der Waals surface area (Å²) in [5.41, 5.74) is 5.38. The number of anilines is 5. The molecule has 18 nitrogen and oxygen atoms in total. The second kappa shape index (κ2) is 18.4. The summed E-state index contributed by atoms with van der Waals surface area (Å²) in [5.74, 6) is -1.82. The SMILES string of the molecule is CC1(C)Oc2cc(N3CCCC3=O)ccc2-c2cnc(Nc3cncc(NC(=O)c4ccc(NCCCCNC(=O)COc5cccc6c5C(=O)N(C5CCC(=O)NC5=O)C6=O)cc4)c3)cc21. The molecule has 5 N–H and O–H groups in total. The zero-order chi connectivity index (χ0) is 46.8. The molecule has 3 aromatic carbocycles. The normalized spacial score (nSPS) is 16.9. The molecule has 1 unspecified atom stereocenters. The van der Waals surface area contributed by atoms with Gasteiger partial charge in [0.2, 0.25) is 17.7 Å². The van der Waals surface area contributed by atoms with Crippen molar-refractivity contribution >= 4 is 69.9 Å². The number of ether oxygens (including phenoxy) is 2. The fraction of sp³-hybridized carbons (Fsp3) is 0.286. The first-order valence-corrected chi connectivity index (χ1v) is 22.1. The summed E-state index contributed by atoms with van der Waals surface area (Å²) in [5, 5.41) is 14.5. The van der Waals surface area contributed by atoms with Crippen LogP contribution < -0.4 is 41.0 Å². The minimum Gasteiger partial charge on any atom is -0.483 e. The van der Waals surface area contributed by atoms with E-state index in [1.54, 1.807) is 35.5 Å². The lowest BCUT2D eigenvalue weighted by molar-refractivity contribution is -0.136. The molecule has 0 aliphatic carbocycles. The minimum absolute atomic E-state index is 0.00441. The van der Waals surface area contributed by atoms with Crippen molar-refractivity contribution in [3.63, 3.8) is 0 Å². The summed E-state index contributed by atoms with van der Waals surface area (Å²) in [6, 6.07) is 20.0. The van der Waals surface area contributed by atoms with E-state index >= 15 is 0 Å². The monoisotopic (exact) mass is 905 g/mol. The van der Waals surface area contributed by atoms with E-state index in [1.165, 1.54) is 18.2 Å². The van der Waals surface area contributed by atoms with E-state index in [-0.39, 0.29) is 41.5 Å². The Labute approximate surface area is 384 Å². The van der Waals surface area contributed by atoms with Crippen molar-refractivity contribution in [1.82, 2.24) is 25.5 Å². The Balaban J connectivity index is 0.709. The molecule has 0 spiro atoms. The van der Waals surface area contributed by atoms with Gasteiger partial charge >= 0.3 is 0 Å². The number of carbonyl (C=O) groups excluding carboxylic acids is 7. The predicted molar refractivity (Wildman–Crippen MR) is 246 cm³/mol. The molecule has 7 amide bonds. The highest BCUT2D eigenvalue weighted by molar-refractivity contribution is 6.24. The van der Waals surface area contributed by atoms with E-state index in [9.17, 15) is 33.6 Å². The number of hydrogen-bond donors (Lipinski definition) is 5. The number of pyridine rings is 2. The average Bonchev–Trinajstić information content (AvgIpc) is 3.86. The highest BCUT2D eigenvalue weighted by Crippen LogP contribution is 2.47. The van der Waals surface area contributed by atoms with Crippen molar-refractivity contribution in [2.24, 2.45) is 0 Å². The lowest BCUT2D eigenvalue weighted by Gasteiger charge is -2.35. The van der Waals surface area contributed by atoms with Gasteiger partial charge in [0.15, 0.2) is 6.61 Å². The van der Waals surface area contributed by atoms with Crippen LogP contribution in [0.4, 0.5) is 28.6 Å². The molecule has 5 aromatic rings. The number of nitrogens with one attached hydrogen (secondary N) is 5. The predicted octanol–water partition coefficient (Wildman–Crippen LogP) is 5.68. The standard InChI is InChI=1S/C49H47N9O9/c1-49(2)36-23-40(53-26-35(36)33-15-14-32(22-39(33)67-49)57-20-6-9-43(57)61)54-30-21-31(25-50-24-30)55-45(62)28-10-12-29(13-11-28)51-18-3-4-19-52-42(60)27-66-38-8-5-7-34-44(38)48(65)58(47(34)64)37-16-17-41(59)56-46(37)63/h5,7-8,10-15,21-26,37,51H,3-4,6,9,16-20,27H2,1-2H3,(H,52,60)(H,53,54)(H,55,62)(H,56,59,63). The molecule has 4 aliphatic rings. The number of hydrogen-bond acceptors (Lipinski definition) is 13. The Morgan fingerprint density at radius 3 is 2.45 bits per heavy atom. The van der Waals surface area contributed by atoms with E-state index < -0.39 is 47.8 Å². The fourth-order valence-corrected chi connectivity index (χ4v) is 8.65. The molecule has 342 valence electrons. The molecule has 6 heterocycles. The van der Waals surface area contributed by atoms with Gasteiger partial charge in [0.1, 0.15) is 29.0 Å². The molecule has 1 atom stereocenters. The van der Waals surface area contributed by atoms with Gasteiger partial charge in [-0.05, 0) is 100 Å². The number of benzene rings is 3. The number of imide groups is 2. The van der Waals surface area contributed by atoms with Crippen molar-refractivity contribution < 1.29 is 43.0 Å². The van der Waals surface area contributed by atoms with E-state index in [4.69, 9.17) is 14.5 Å². The zero-order valence-electron chi connectivity index (χ0n) is 36.8. The maximum Gasteiger partial charge on any atom is 0.266 e. The Bertz CT molecular complexity index is 2850. The molecular formula is C49H47N9O9. The number of amides is 7. The second-order valence-electron chi connectivity index (χ2n) is 17.1. The smallest absolute Gasteiger partial charge is 0.266 e. The number of fused-ring (bicyclic) bond motifs is 4. The van der Waals surface area contributed by atoms with Gasteiger partial charge in [0, 0.05) is 78.4 Å². The van der Waals surface area contributed by atoms with Crippen molar-refractivity contribution in [2.45, 2.75) is 64.0 Å². The van der Waals surface area contributed by atoms with Gasteiger partial charge in [-0.15, -0.1) is 0 Å². The summed E-state index contributed by atoms with van der Waals surface area (Å²) in [6.07, 6.45) is 7.84. The van der Waals surface area contributed by atoms with Gasteiger partial charge < -0.3 is 35.6 Å². The third-order valence-corrected chi connectivity index (χ3v) is 12.0. The maximum atomic E-state index is 13.3. The first-order chi connectivity index (χ1) is 32.3. The van der Waals surface area contributed by atoms with Crippen LogP contribution in [0.3, 0.4) is 0 Å². The van der Waals surface area contributed by atoms with Crippen LogP contribution in [0.15, 0.2) is 91.4 Å². The minimum atomic E-state index is -1.11. The third-order valence-electron chi connectivity index (χ3n) is 12.0. The molecule has 2 fully saturated rings. The Morgan fingerprint density at radius 1 is 0.851 bits per heavy atom. The van der Waals surface area contributed by atoms with Gasteiger partial charge in [0.05, 0.1) is 34.9 Å². The van der Waals surface area contributed by atoms with Crippen LogP contribution in [-0.2, 0) is 24.8 Å². The largest absolute Gasteiger partial charge is 0.483 e. The lowest BCUT2D eigenvalue weighted by atomic mass is 9.87. The number of carbonyl (C=O) groups is 7. The summed E-state index contributed by atoms with van der Waals surface area (Å²) in [6.45, 7) is 5.29. The molecule has 2 aromatic heterocycles. The molecule has 4 aliphatic heterocycles. The van der Waals surface area contributed by atoms with Crippen LogP contribution >= 0.6 is 0 Å². The van der Waals surface area contributed by atoms with Crippen molar-refractivity contribution in [3.05, 3.63) is 114 Å². The summed E-state index contributed by atoms with van der Waals surface area (Å²) in [7, 11) is 0. The van der Waals surface area contributed by atoms with Crippen LogP contribution in [0.5, 0.6) is 11.5 Å². The van der Waals surface area contributed by atoms with Crippen LogP contribution in [0.2, 0.25) is 0 Å². The van der Waals surface area contributed by atoms with E-state index in [2.05, 4.69) is 31.6 Å². The summed E-state index contributed by atoms with van der Waals surface area (Å²) >= 11 is 0. The van der Waals surface area contributed by atoms with Crippen molar-refractivity contribution in [1.29, 1.82) is 0 Å². The fourth-order valence-electron chi connectivity index (χ4n) is 8.65. The molecule has 9 rings (SSSR count). The maximum absolute atomic E-state index is 13.3. The topological polar surface area (TPSA) is 230 Å². The van der Waals surface area contributed by atoms with Gasteiger partial charge in [-0.1, -0.05) is 6.07 Å². The molecule has 18 heteroatoms. The second-order valence-corrected chi connectivity index (χ2v) is 17.1. The number of unbranched alkanes of at least 4 members (excludes halogenated alkanes) is 1. The zero-order valence-corrected chi connectivity index (χ0v) is 36.8. The highest BCUT2D eigenvalue weighted by atomic mass is 16.5. The molecular weight excluding hydrogens is 859 g/mol. The molecule has 0 bridgehead atoms. The van der Waals surface area contributed by atoms with Gasteiger partial charge in [-0.3, -0.25) is 48.8 Å². The highest BCUT2D eigenvalue weighted by Gasteiger charge is 2.46. The number of piperidine rings is 1. The van der Waals surface area contributed by atoms with Gasteiger partial charge in [-0.2, -0.15) is 0 Å². The number of rotatable bonds is 15. The first kappa shape index (κ1) is 44.1. The van der Waals surface area contributed by atoms with Crippen molar-refractivity contribution in [2.75, 3.05) is 47.1 Å². The molecule has 67 heavy (non-hydrogen) atoms. The molecule has 0 radical (unpaired) electrons. The van der Waals surface area contributed by atoms with E-state index in [1.807, 2.05) is 56.4 Å². The molecule has 2 saturated heterocycles. The van der Waals surface area contributed by atoms with Crippen molar-refractivity contribution in [3.8, 4) is 22.6 Å². The average molecular weight is 906 g/mol. The van der Waals surface area contributed by atoms with E-state index in [0.717, 1.165) is 45.8 Å². The van der Waals surface area contributed by atoms with Gasteiger partial charge in [-0.25, -0.2) is 4.98 Å². The summed E-state index contributed by atoms with van der Waals surface area (Å²) in [4.78, 5) is 100. The third kappa shape index (κ3) is 9.23. The first-order valence-electron chi connectivity index (χ1n) is 22.1. The summed E-state index contributed by atoms with van der Waals surface area (Å²) < 4.78 is 12.1. The Hall–Kier alpha value is -8.15. The quantitative estimate of drug-likeness (QED) is 0.0630. The molecule has 0 saturated carbocycles. The van der Waals surface area contributed by atoms with Crippen LogP contribution in [0, 0.1) is 0 Å². The lowest BCUT2D eigenvalue weighted by Crippen LogP contribution is -2.54. The van der Waals surface area contributed by atoms with E-state index in [0.29, 0.717) is 61.0 Å². The van der Waals surface area contributed by atoms with Crippen LogP contribution in [0.25, 0.3) is 11.1 Å².